The molecule has 0 aliphatic carbocycles. The normalized spacial score (nSPS) is 13.9. The van der Waals surface area contributed by atoms with Gasteiger partial charge in [-0.05, 0) is 33.1 Å². The molecule has 1 atom stereocenters. The number of ketones is 1. The Bertz CT molecular complexity index is 260. The lowest BCUT2D eigenvalue weighted by Gasteiger charge is -2.27. The highest BCUT2D eigenvalue weighted by atomic mass is 16.5. The summed E-state index contributed by atoms with van der Waals surface area (Å²) in [5, 5.41) is 8.80. The zero-order chi connectivity index (χ0) is 12.6. The molecule has 4 heteroatoms. The van der Waals surface area contributed by atoms with Crippen LogP contribution in [0.2, 0.25) is 0 Å². The Hall–Kier alpha value is -1.16. The summed E-state index contributed by atoms with van der Waals surface area (Å²) in [5.74, 6) is -0.754. The first-order chi connectivity index (χ1) is 7.55. The molecule has 0 rings (SSSR count). The van der Waals surface area contributed by atoms with Crippen molar-refractivity contribution in [2.75, 3.05) is 13.2 Å². The molecular weight excluding hydrogens is 208 g/mol. The van der Waals surface area contributed by atoms with Gasteiger partial charge in [-0.2, -0.15) is 0 Å². The van der Waals surface area contributed by atoms with Crippen molar-refractivity contribution in [3.8, 4) is 0 Å². The van der Waals surface area contributed by atoms with Crippen molar-refractivity contribution < 1.29 is 19.4 Å². The summed E-state index contributed by atoms with van der Waals surface area (Å²) in [5.41, 5.74) is -1.17. The average molecular weight is 228 g/mol. The lowest BCUT2D eigenvalue weighted by molar-refractivity contribution is -0.160. The predicted octanol–water partition coefficient (Wildman–Crippen LogP) is 1.47. The van der Waals surface area contributed by atoms with Crippen LogP contribution in [0.1, 0.15) is 33.1 Å². The second-order valence-corrected chi connectivity index (χ2v) is 3.68. The number of aliphatic hydroxyl groups is 1. The Labute approximate surface area is 96.3 Å². The SMILES string of the molecule is C=CC[C@@](CCCO)(C(C)=O)C(=O)OCC. The molecule has 1 N–H and O–H groups in total. The molecule has 0 aromatic heterocycles. The van der Waals surface area contributed by atoms with E-state index in [0.717, 1.165) is 0 Å². The highest BCUT2D eigenvalue weighted by Crippen LogP contribution is 2.31. The Morgan fingerprint density at radius 2 is 2.12 bits per heavy atom. The number of aliphatic hydroxyl groups excluding tert-OH is 1. The zero-order valence-corrected chi connectivity index (χ0v) is 9.99. The van der Waals surface area contributed by atoms with Gasteiger partial charge in [0.2, 0.25) is 0 Å². The number of Topliss-reactive ketones (excluding diaryl/α,β-unsaturated/α-hetero) is 1. The lowest BCUT2D eigenvalue weighted by Crippen LogP contribution is -2.39. The van der Waals surface area contributed by atoms with E-state index in [4.69, 9.17) is 9.84 Å². The Balaban J connectivity index is 4.98. The van der Waals surface area contributed by atoms with Crippen LogP contribution in [-0.2, 0) is 14.3 Å². The Morgan fingerprint density at radius 3 is 2.50 bits per heavy atom. The van der Waals surface area contributed by atoms with Crippen molar-refractivity contribution in [2.24, 2.45) is 5.41 Å². The molecule has 4 nitrogen and oxygen atoms in total. The van der Waals surface area contributed by atoms with Crippen molar-refractivity contribution in [1.82, 2.24) is 0 Å². The molecule has 0 saturated heterocycles. The number of allylic oxidation sites excluding steroid dienone is 1. The molecule has 92 valence electrons. The van der Waals surface area contributed by atoms with E-state index >= 15 is 0 Å². The van der Waals surface area contributed by atoms with Crippen molar-refractivity contribution in [1.29, 1.82) is 0 Å². The van der Waals surface area contributed by atoms with Crippen LogP contribution < -0.4 is 0 Å². The predicted molar refractivity (Wildman–Crippen MR) is 60.9 cm³/mol. The van der Waals surface area contributed by atoms with Crippen LogP contribution >= 0.6 is 0 Å². The van der Waals surface area contributed by atoms with E-state index in [2.05, 4.69) is 6.58 Å². The van der Waals surface area contributed by atoms with Crippen molar-refractivity contribution in [2.45, 2.75) is 33.1 Å². The molecule has 0 fully saturated rings. The van der Waals surface area contributed by atoms with Gasteiger partial charge < -0.3 is 9.84 Å². The second kappa shape index (κ2) is 7.17. The van der Waals surface area contributed by atoms with Crippen LogP contribution in [0.25, 0.3) is 0 Å². The topological polar surface area (TPSA) is 63.6 Å². The van der Waals surface area contributed by atoms with Crippen LogP contribution in [0.5, 0.6) is 0 Å². The van der Waals surface area contributed by atoms with Gasteiger partial charge in [0.05, 0.1) is 6.61 Å². The summed E-state index contributed by atoms with van der Waals surface area (Å²) in [6, 6.07) is 0. The fourth-order valence-corrected chi connectivity index (χ4v) is 1.65. The van der Waals surface area contributed by atoms with Gasteiger partial charge in [0.15, 0.2) is 0 Å². The third-order valence-corrected chi connectivity index (χ3v) is 2.59. The summed E-state index contributed by atoms with van der Waals surface area (Å²) >= 11 is 0. The van der Waals surface area contributed by atoms with Crippen LogP contribution in [0.3, 0.4) is 0 Å². The number of carbonyl (C=O) groups excluding carboxylic acids is 2. The highest BCUT2D eigenvalue weighted by Gasteiger charge is 2.42. The molecule has 16 heavy (non-hydrogen) atoms. The van der Waals surface area contributed by atoms with E-state index in [0.29, 0.717) is 12.8 Å². The average Bonchev–Trinajstić information content (AvgIpc) is 2.24. The molecule has 0 heterocycles. The van der Waals surface area contributed by atoms with Crippen LogP contribution in [0.15, 0.2) is 12.7 Å². The van der Waals surface area contributed by atoms with Crippen molar-refractivity contribution >= 4 is 11.8 Å². The van der Waals surface area contributed by atoms with E-state index in [-0.39, 0.29) is 25.4 Å². The largest absolute Gasteiger partial charge is 0.465 e. The lowest BCUT2D eigenvalue weighted by atomic mass is 9.76. The smallest absolute Gasteiger partial charge is 0.319 e. The number of hydrogen-bond donors (Lipinski definition) is 1. The number of esters is 1. The maximum atomic E-state index is 11.8. The minimum absolute atomic E-state index is 0.0500. The molecule has 0 aliphatic heterocycles. The van der Waals surface area contributed by atoms with E-state index in [1.54, 1.807) is 6.92 Å². The van der Waals surface area contributed by atoms with Gasteiger partial charge in [-0.15, -0.1) is 6.58 Å². The molecule has 0 bridgehead atoms. The van der Waals surface area contributed by atoms with Crippen molar-refractivity contribution in [3.63, 3.8) is 0 Å². The molecular formula is C12H20O4. The summed E-state index contributed by atoms with van der Waals surface area (Å²) in [4.78, 5) is 23.5. The van der Waals surface area contributed by atoms with Gasteiger partial charge in [-0.1, -0.05) is 6.08 Å². The van der Waals surface area contributed by atoms with E-state index in [1.165, 1.54) is 13.0 Å². The molecule has 0 spiro atoms. The quantitative estimate of drug-likeness (QED) is 0.388. The van der Waals surface area contributed by atoms with Crippen LogP contribution in [0, 0.1) is 5.41 Å². The fourth-order valence-electron chi connectivity index (χ4n) is 1.65. The van der Waals surface area contributed by atoms with Crippen molar-refractivity contribution in [3.05, 3.63) is 12.7 Å². The van der Waals surface area contributed by atoms with E-state index < -0.39 is 11.4 Å². The standard InChI is InChI=1S/C12H20O4/c1-4-7-12(10(3)14,8-6-9-13)11(15)16-5-2/h4,13H,1,5-9H2,2-3H3/t12-/m1/s1. The summed E-state index contributed by atoms with van der Waals surface area (Å²) < 4.78 is 4.93. The van der Waals surface area contributed by atoms with Gasteiger partial charge >= 0.3 is 5.97 Å². The number of rotatable bonds is 8. The van der Waals surface area contributed by atoms with E-state index in [9.17, 15) is 9.59 Å². The molecule has 0 saturated carbocycles. The van der Waals surface area contributed by atoms with Crippen LogP contribution in [-0.4, -0.2) is 30.1 Å². The minimum Gasteiger partial charge on any atom is -0.465 e. The second-order valence-electron chi connectivity index (χ2n) is 3.68. The first-order valence-electron chi connectivity index (χ1n) is 5.45. The summed E-state index contributed by atoms with van der Waals surface area (Å²) in [7, 11) is 0. The Kier molecular flexibility index (Phi) is 6.65. The molecule has 0 aromatic rings. The molecule has 0 aliphatic rings. The number of carbonyl (C=O) groups is 2. The molecule has 0 unspecified atom stereocenters. The van der Waals surface area contributed by atoms with Gasteiger partial charge in [0, 0.05) is 6.61 Å². The van der Waals surface area contributed by atoms with E-state index in [1.807, 2.05) is 0 Å². The monoisotopic (exact) mass is 228 g/mol. The summed E-state index contributed by atoms with van der Waals surface area (Å²) in [6.07, 6.45) is 2.48. The molecule has 0 radical (unpaired) electrons. The first kappa shape index (κ1) is 14.8. The van der Waals surface area contributed by atoms with Gasteiger partial charge in [-0.25, -0.2) is 0 Å². The first-order valence-corrected chi connectivity index (χ1v) is 5.45. The maximum absolute atomic E-state index is 11.8. The molecule has 0 amide bonds. The van der Waals surface area contributed by atoms with Crippen LogP contribution in [0.4, 0.5) is 0 Å². The summed E-state index contributed by atoms with van der Waals surface area (Å²) in [6.45, 7) is 6.82. The molecule has 0 aromatic carbocycles. The van der Waals surface area contributed by atoms with Gasteiger partial charge in [0.25, 0.3) is 0 Å². The third-order valence-electron chi connectivity index (χ3n) is 2.59. The fraction of sp³-hybridized carbons (Fsp3) is 0.667. The Morgan fingerprint density at radius 1 is 1.50 bits per heavy atom. The third kappa shape index (κ3) is 3.45. The van der Waals surface area contributed by atoms with Gasteiger partial charge in [-0.3, -0.25) is 9.59 Å². The van der Waals surface area contributed by atoms with Gasteiger partial charge in [0.1, 0.15) is 11.2 Å². The number of ether oxygens (including phenoxy) is 1. The number of hydrogen-bond acceptors (Lipinski definition) is 4. The maximum Gasteiger partial charge on any atom is 0.319 e. The zero-order valence-electron chi connectivity index (χ0n) is 9.99. The minimum atomic E-state index is -1.17. The highest BCUT2D eigenvalue weighted by molar-refractivity contribution is 6.02.